The second kappa shape index (κ2) is 5.58. The van der Waals surface area contributed by atoms with Crippen molar-refractivity contribution in [3.63, 3.8) is 0 Å². The summed E-state index contributed by atoms with van der Waals surface area (Å²) in [5.41, 5.74) is 5.90. The van der Waals surface area contributed by atoms with Crippen molar-refractivity contribution >= 4 is 33.4 Å². The lowest BCUT2D eigenvalue weighted by Crippen LogP contribution is -1.95. The van der Waals surface area contributed by atoms with Crippen LogP contribution in [0.15, 0.2) is 44.9 Å². The van der Waals surface area contributed by atoms with Crippen molar-refractivity contribution in [1.82, 2.24) is 4.98 Å². The molecular formula is C12H10BrFN2OS. The number of methoxy groups -OCH3 is 1. The summed E-state index contributed by atoms with van der Waals surface area (Å²) in [6.07, 6.45) is 1.65. The Labute approximate surface area is 117 Å². The van der Waals surface area contributed by atoms with Gasteiger partial charge in [-0.25, -0.2) is 9.37 Å². The summed E-state index contributed by atoms with van der Waals surface area (Å²) in [5, 5.41) is 0.684. The Kier molecular flexibility index (Phi) is 4.08. The van der Waals surface area contributed by atoms with Crippen LogP contribution in [0, 0.1) is 5.82 Å². The molecule has 2 aromatic rings. The van der Waals surface area contributed by atoms with Crippen molar-refractivity contribution in [1.29, 1.82) is 0 Å². The van der Waals surface area contributed by atoms with E-state index in [9.17, 15) is 4.39 Å². The van der Waals surface area contributed by atoms with Gasteiger partial charge in [-0.1, -0.05) is 11.8 Å². The summed E-state index contributed by atoms with van der Waals surface area (Å²) < 4.78 is 19.7. The molecule has 2 N–H and O–H groups in total. The average molecular weight is 329 g/mol. The van der Waals surface area contributed by atoms with Gasteiger partial charge in [0.1, 0.15) is 16.6 Å². The van der Waals surface area contributed by atoms with Crippen LogP contribution in [-0.4, -0.2) is 12.1 Å². The van der Waals surface area contributed by atoms with Gasteiger partial charge in [-0.2, -0.15) is 0 Å². The van der Waals surface area contributed by atoms with E-state index in [-0.39, 0.29) is 5.69 Å². The number of nitrogens with zero attached hydrogens (tertiary/aromatic N) is 1. The Morgan fingerprint density at radius 2 is 2.22 bits per heavy atom. The molecule has 18 heavy (non-hydrogen) atoms. The molecule has 0 atom stereocenters. The van der Waals surface area contributed by atoms with E-state index in [1.807, 2.05) is 6.07 Å². The average Bonchev–Trinajstić information content (AvgIpc) is 2.35. The molecule has 0 amide bonds. The molecule has 0 saturated heterocycles. The Morgan fingerprint density at radius 3 is 2.89 bits per heavy atom. The van der Waals surface area contributed by atoms with Crippen LogP contribution in [0.3, 0.4) is 0 Å². The zero-order valence-corrected chi connectivity index (χ0v) is 11.9. The first kappa shape index (κ1) is 13.2. The first-order valence-corrected chi connectivity index (χ1v) is 6.64. The Hall–Kier alpha value is -1.27. The van der Waals surface area contributed by atoms with Gasteiger partial charge in [0.2, 0.25) is 0 Å². The maximum absolute atomic E-state index is 13.8. The van der Waals surface area contributed by atoms with Gasteiger partial charge in [-0.05, 0) is 34.1 Å². The number of nitrogen functional groups attached to an aromatic ring is 1. The van der Waals surface area contributed by atoms with Crippen molar-refractivity contribution < 1.29 is 9.13 Å². The third kappa shape index (κ3) is 2.76. The van der Waals surface area contributed by atoms with Gasteiger partial charge in [0.15, 0.2) is 0 Å². The van der Waals surface area contributed by atoms with Crippen LogP contribution in [-0.2, 0) is 0 Å². The van der Waals surface area contributed by atoms with Crippen molar-refractivity contribution in [3.8, 4) is 5.75 Å². The molecule has 0 spiro atoms. The zero-order chi connectivity index (χ0) is 13.1. The fraction of sp³-hybridized carbons (Fsp3) is 0.0833. The number of hydrogen-bond donors (Lipinski definition) is 1. The predicted octanol–water partition coefficient (Wildman–Crippen LogP) is 3.73. The Morgan fingerprint density at radius 1 is 1.44 bits per heavy atom. The summed E-state index contributed by atoms with van der Waals surface area (Å²) in [7, 11) is 1.49. The lowest BCUT2D eigenvalue weighted by atomic mass is 10.3. The molecule has 0 aliphatic heterocycles. The highest BCUT2D eigenvalue weighted by Crippen LogP contribution is 2.36. The Bertz CT molecular complexity index is 580. The SMILES string of the molecule is COc1cc(Sc2ncccc2Br)c(F)cc1N. The van der Waals surface area contributed by atoms with Crippen LogP contribution in [0.5, 0.6) is 5.75 Å². The van der Waals surface area contributed by atoms with Crippen molar-refractivity contribution in [3.05, 3.63) is 40.8 Å². The monoisotopic (exact) mass is 328 g/mol. The number of ether oxygens (including phenoxy) is 1. The number of pyridine rings is 1. The smallest absolute Gasteiger partial charge is 0.143 e. The molecule has 0 fully saturated rings. The van der Waals surface area contributed by atoms with E-state index in [4.69, 9.17) is 10.5 Å². The number of rotatable bonds is 3. The molecule has 0 bridgehead atoms. The molecule has 0 aliphatic carbocycles. The quantitative estimate of drug-likeness (QED) is 0.872. The van der Waals surface area contributed by atoms with E-state index in [2.05, 4.69) is 20.9 Å². The number of anilines is 1. The van der Waals surface area contributed by atoms with Gasteiger partial charge in [0.25, 0.3) is 0 Å². The van der Waals surface area contributed by atoms with E-state index in [0.29, 0.717) is 15.7 Å². The van der Waals surface area contributed by atoms with Crippen LogP contribution in [0.2, 0.25) is 0 Å². The van der Waals surface area contributed by atoms with Crippen LogP contribution < -0.4 is 10.5 Å². The minimum atomic E-state index is -0.393. The van der Waals surface area contributed by atoms with Crippen molar-refractivity contribution in [2.24, 2.45) is 0 Å². The third-order valence-electron chi connectivity index (χ3n) is 2.22. The minimum Gasteiger partial charge on any atom is -0.495 e. The molecule has 2 rings (SSSR count). The summed E-state index contributed by atoms with van der Waals surface area (Å²) in [6.45, 7) is 0. The molecule has 94 valence electrons. The zero-order valence-electron chi connectivity index (χ0n) is 9.48. The highest BCUT2D eigenvalue weighted by atomic mass is 79.9. The third-order valence-corrected chi connectivity index (χ3v) is 4.17. The first-order chi connectivity index (χ1) is 8.61. The first-order valence-electron chi connectivity index (χ1n) is 5.03. The van der Waals surface area contributed by atoms with Crippen LogP contribution in [0.25, 0.3) is 0 Å². The van der Waals surface area contributed by atoms with Crippen LogP contribution in [0.1, 0.15) is 0 Å². The fourth-order valence-corrected chi connectivity index (χ4v) is 2.66. The van der Waals surface area contributed by atoms with Gasteiger partial charge in [0.05, 0.1) is 22.2 Å². The maximum atomic E-state index is 13.8. The predicted molar refractivity (Wildman–Crippen MR) is 73.4 cm³/mol. The number of hydrogen-bond acceptors (Lipinski definition) is 4. The molecule has 6 heteroatoms. The summed E-state index contributed by atoms with van der Waals surface area (Å²) >= 11 is 4.58. The van der Waals surface area contributed by atoms with E-state index >= 15 is 0 Å². The summed E-state index contributed by atoms with van der Waals surface area (Å²) in [5.74, 6) is 0.0572. The minimum absolute atomic E-state index is 0.277. The van der Waals surface area contributed by atoms with Crippen LogP contribution >= 0.6 is 27.7 Å². The lowest BCUT2D eigenvalue weighted by Gasteiger charge is -2.09. The second-order valence-corrected chi connectivity index (χ2v) is 5.30. The molecule has 0 radical (unpaired) electrons. The maximum Gasteiger partial charge on any atom is 0.143 e. The molecule has 1 aromatic heterocycles. The summed E-state index contributed by atoms with van der Waals surface area (Å²) in [4.78, 5) is 4.59. The molecular weight excluding hydrogens is 319 g/mol. The topological polar surface area (TPSA) is 48.1 Å². The van der Waals surface area contributed by atoms with Gasteiger partial charge in [-0.3, -0.25) is 0 Å². The van der Waals surface area contributed by atoms with Crippen LogP contribution in [0.4, 0.5) is 10.1 Å². The van der Waals surface area contributed by atoms with Crippen molar-refractivity contribution in [2.75, 3.05) is 12.8 Å². The number of aromatic nitrogens is 1. The van der Waals surface area contributed by atoms with E-state index < -0.39 is 5.82 Å². The molecule has 0 saturated carbocycles. The van der Waals surface area contributed by atoms with E-state index in [1.165, 1.54) is 24.9 Å². The molecule has 0 unspecified atom stereocenters. The number of benzene rings is 1. The second-order valence-electron chi connectivity index (χ2n) is 3.42. The van der Waals surface area contributed by atoms with E-state index in [1.54, 1.807) is 18.3 Å². The molecule has 3 nitrogen and oxygen atoms in total. The number of nitrogens with two attached hydrogens (primary N) is 1. The molecule has 1 heterocycles. The normalized spacial score (nSPS) is 10.4. The van der Waals surface area contributed by atoms with Gasteiger partial charge in [-0.15, -0.1) is 0 Å². The van der Waals surface area contributed by atoms with Gasteiger partial charge in [0, 0.05) is 12.3 Å². The van der Waals surface area contributed by atoms with Gasteiger partial charge < -0.3 is 10.5 Å². The molecule has 0 aliphatic rings. The lowest BCUT2D eigenvalue weighted by molar-refractivity contribution is 0.414. The highest BCUT2D eigenvalue weighted by molar-refractivity contribution is 9.10. The highest BCUT2D eigenvalue weighted by Gasteiger charge is 2.12. The fourth-order valence-electron chi connectivity index (χ4n) is 1.36. The standard InChI is InChI=1S/C12H10BrFN2OS/c1-17-10-6-11(8(14)5-9(10)15)18-12-7(13)3-2-4-16-12/h2-6H,15H2,1H3. The Balaban J connectivity index is 2.38. The van der Waals surface area contributed by atoms with Gasteiger partial charge >= 0.3 is 0 Å². The van der Waals surface area contributed by atoms with Crippen molar-refractivity contribution in [2.45, 2.75) is 9.92 Å². The summed E-state index contributed by atoms with van der Waals surface area (Å²) in [6, 6.07) is 6.46. The number of halogens is 2. The molecule has 1 aromatic carbocycles. The van der Waals surface area contributed by atoms with E-state index in [0.717, 1.165) is 4.47 Å². The largest absolute Gasteiger partial charge is 0.495 e.